The zero-order valence-corrected chi connectivity index (χ0v) is 7.20. The molecule has 34 valence electrons. The van der Waals surface area contributed by atoms with Crippen LogP contribution in [0.25, 0.3) is 0 Å². The number of carbonyl (C=O) groups excluding carboxylic acids is 1. The van der Waals surface area contributed by atoms with E-state index in [1.54, 1.807) is 0 Å². The van der Waals surface area contributed by atoms with Gasteiger partial charge in [-0.15, -0.1) is 0 Å². The van der Waals surface area contributed by atoms with E-state index in [-0.39, 0.29) is 25.4 Å². The molecule has 1 amide bonds. The van der Waals surface area contributed by atoms with E-state index in [1.807, 2.05) is 0 Å². The molecule has 3 heteroatoms. The van der Waals surface area contributed by atoms with Crippen LogP contribution in [0.5, 0.6) is 0 Å². The Bertz CT molecular complexity index is 66.1. The van der Waals surface area contributed by atoms with Crippen LogP contribution >= 0.6 is 0 Å². The smallest absolute Gasteiger partial charge is 0.356 e. The minimum absolute atomic E-state index is 0. The summed E-state index contributed by atoms with van der Waals surface area (Å²) in [5.41, 5.74) is 0. The molecule has 1 fully saturated rings. The Morgan fingerprint density at radius 3 is 2.43 bits per heavy atom. The number of hydrogen-bond acceptors (Lipinski definition) is 1. The molecule has 1 N–H and O–H groups in total. The van der Waals surface area contributed by atoms with Crippen molar-refractivity contribution in [2.24, 2.45) is 0 Å². The maximum atomic E-state index is 10.1. The maximum Gasteiger partial charge on any atom is 2.00 e. The second-order valence-corrected chi connectivity index (χ2v) is 1.45. The molecule has 0 saturated carbocycles. The van der Waals surface area contributed by atoms with Gasteiger partial charge in [-0.05, 0) is 6.42 Å². The van der Waals surface area contributed by atoms with Gasteiger partial charge in [-0.2, -0.15) is 0 Å². The second kappa shape index (κ2) is 3.14. The van der Waals surface area contributed by atoms with Crippen LogP contribution in [-0.2, 0) is 24.3 Å². The van der Waals surface area contributed by atoms with Gasteiger partial charge in [-0.25, -0.2) is 0 Å². The predicted octanol–water partition coefficient (Wildman–Crippen LogP) is -0.106. The summed E-state index contributed by atoms with van der Waals surface area (Å²) in [4.78, 5) is 10.1. The standard InChI is InChI=1S/C4H7NO.Zn/c6-4-2-1-3-5-4;/h1-3H2,(H,5,6);/q;+2. The van der Waals surface area contributed by atoms with Crippen molar-refractivity contribution in [2.75, 3.05) is 6.54 Å². The van der Waals surface area contributed by atoms with Crippen molar-refractivity contribution in [1.29, 1.82) is 0 Å². The van der Waals surface area contributed by atoms with Gasteiger partial charge in [0.25, 0.3) is 0 Å². The molecule has 0 aromatic carbocycles. The Balaban J connectivity index is 0.000000360. The van der Waals surface area contributed by atoms with Gasteiger partial charge in [0.1, 0.15) is 0 Å². The number of rotatable bonds is 0. The van der Waals surface area contributed by atoms with Crippen molar-refractivity contribution in [2.45, 2.75) is 12.8 Å². The van der Waals surface area contributed by atoms with E-state index in [4.69, 9.17) is 0 Å². The number of carbonyl (C=O) groups is 1. The van der Waals surface area contributed by atoms with Gasteiger partial charge in [0, 0.05) is 13.0 Å². The molecular formula is C4H7NOZn+2. The van der Waals surface area contributed by atoms with Crippen LogP contribution in [0.4, 0.5) is 0 Å². The number of nitrogens with one attached hydrogen (secondary N) is 1. The fourth-order valence-electron chi connectivity index (χ4n) is 0.565. The Hall–Kier alpha value is 0.0934. The molecule has 1 rings (SSSR count). The minimum Gasteiger partial charge on any atom is -0.356 e. The van der Waals surface area contributed by atoms with E-state index >= 15 is 0 Å². The van der Waals surface area contributed by atoms with E-state index in [0.717, 1.165) is 19.4 Å². The Labute approximate surface area is 55.4 Å². The molecule has 0 aromatic rings. The van der Waals surface area contributed by atoms with Crippen molar-refractivity contribution < 1.29 is 24.3 Å². The summed E-state index contributed by atoms with van der Waals surface area (Å²) >= 11 is 0. The van der Waals surface area contributed by atoms with Gasteiger partial charge in [0.15, 0.2) is 0 Å². The normalized spacial score (nSPS) is 18.0. The molecule has 1 aliphatic heterocycles. The third-order valence-corrected chi connectivity index (χ3v) is 0.903. The fraction of sp³-hybridized carbons (Fsp3) is 0.750. The summed E-state index contributed by atoms with van der Waals surface area (Å²) in [5, 5.41) is 2.68. The molecule has 2 nitrogen and oxygen atoms in total. The van der Waals surface area contributed by atoms with Gasteiger partial charge >= 0.3 is 19.5 Å². The van der Waals surface area contributed by atoms with Gasteiger partial charge in [-0.1, -0.05) is 0 Å². The van der Waals surface area contributed by atoms with E-state index < -0.39 is 0 Å². The molecule has 7 heavy (non-hydrogen) atoms. The average molecular weight is 150 g/mol. The molecule has 0 aliphatic carbocycles. The van der Waals surface area contributed by atoms with Gasteiger partial charge in [-0.3, -0.25) is 4.79 Å². The first kappa shape index (κ1) is 7.09. The van der Waals surface area contributed by atoms with Crippen molar-refractivity contribution >= 4 is 5.91 Å². The summed E-state index contributed by atoms with van der Waals surface area (Å²) in [6, 6.07) is 0. The Morgan fingerprint density at radius 1 is 1.57 bits per heavy atom. The minimum atomic E-state index is 0. The molecule has 0 atom stereocenters. The summed E-state index contributed by atoms with van der Waals surface area (Å²) in [7, 11) is 0. The van der Waals surface area contributed by atoms with Crippen molar-refractivity contribution in [1.82, 2.24) is 5.32 Å². The molecule has 0 aromatic heterocycles. The Morgan fingerprint density at radius 2 is 2.29 bits per heavy atom. The first-order valence-electron chi connectivity index (χ1n) is 2.16. The quantitative estimate of drug-likeness (QED) is 0.480. The maximum absolute atomic E-state index is 10.1. The van der Waals surface area contributed by atoms with Gasteiger partial charge < -0.3 is 5.32 Å². The summed E-state index contributed by atoms with van der Waals surface area (Å²) in [6.07, 6.45) is 1.76. The average Bonchev–Trinajstić information content (AvgIpc) is 1.86. The number of hydrogen-bond donors (Lipinski definition) is 1. The third-order valence-electron chi connectivity index (χ3n) is 0.903. The van der Waals surface area contributed by atoms with E-state index in [9.17, 15) is 4.79 Å². The molecule has 0 bridgehead atoms. The van der Waals surface area contributed by atoms with Crippen LogP contribution in [0, 0.1) is 0 Å². The van der Waals surface area contributed by atoms with Gasteiger partial charge in [0.2, 0.25) is 5.91 Å². The van der Waals surface area contributed by atoms with Crippen LogP contribution in [0.1, 0.15) is 12.8 Å². The van der Waals surface area contributed by atoms with Crippen LogP contribution in [0.2, 0.25) is 0 Å². The first-order valence-corrected chi connectivity index (χ1v) is 2.16. The van der Waals surface area contributed by atoms with Crippen LogP contribution < -0.4 is 5.32 Å². The van der Waals surface area contributed by atoms with E-state index in [1.165, 1.54) is 0 Å². The summed E-state index contributed by atoms with van der Waals surface area (Å²) in [6.45, 7) is 0.888. The second-order valence-electron chi connectivity index (χ2n) is 1.45. The number of amides is 1. The molecule has 1 saturated heterocycles. The molecule has 0 radical (unpaired) electrons. The van der Waals surface area contributed by atoms with Crippen molar-refractivity contribution in [3.63, 3.8) is 0 Å². The largest absolute Gasteiger partial charge is 2.00 e. The molecule has 0 spiro atoms. The van der Waals surface area contributed by atoms with Crippen LogP contribution in [0.15, 0.2) is 0 Å². The van der Waals surface area contributed by atoms with Gasteiger partial charge in [0.05, 0.1) is 0 Å². The molecule has 1 heterocycles. The van der Waals surface area contributed by atoms with E-state index in [2.05, 4.69) is 5.32 Å². The van der Waals surface area contributed by atoms with Crippen molar-refractivity contribution in [3.8, 4) is 0 Å². The Kier molecular flexibility index (Phi) is 3.18. The topological polar surface area (TPSA) is 29.1 Å². The fourth-order valence-corrected chi connectivity index (χ4v) is 0.565. The monoisotopic (exact) mass is 149 g/mol. The third kappa shape index (κ3) is 2.03. The predicted molar refractivity (Wildman–Crippen MR) is 22.2 cm³/mol. The zero-order chi connectivity index (χ0) is 4.41. The summed E-state index contributed by atoms with van der Waals surface area (Å²) < 4.78 is 0. The first-order chi connectivity index (χ1) is 2.89. The van der Waals surface area contributed by atoms with Crippen LogP contribution in [-0.4, -0.2) is 12.5 Å². The molecular weight excluding hydrogens is 143 g/mol. The SMILES string of the molecule is O=C1CCCN1.[Zn+2]. The van der Waals surface area contributed by atoms with Crippen molar-refractivity contribution in [3.05, 3.63) is 0 Å². The summed E-state index contributed by atoms with van der Waals surface area (Å²) in [5.74, 6) is 0.204. The van der Waals surface area contributed by atoms with E-state index in [0.29, 0.717) is 0 Å². The zero-order valence-electron chi connectivity index (χ0n) is 4.24. The van der Waals surface area contributed by atoms with Crippen LogP contribution in [0.3, 0.4) is 0 Å². The molecule has 1 aliphatic rings. The molecule has 0 unspecified atom stereocenters.